The fraction of sp³-hybridized carbons (Fsp3) is 0.364. The zero-order valence-corrected chi connectivity index (χ0v) is 16.6. The average molecular weight is 383 g/mol. The van der Waals surface area contributed by atoms with Crippen molar-refractivity contribution in [1.82, 2.24) is 0 Å². The van der Waals surface area contributed by atoms with Crippen LogP contribution in [0.2, 0.25) is 0 Å². The van der Waals surface area contributed by atoms with Crippen molar-refractivity contribution >= 4 is 28.9 Å². The summed E-state index contributed by atoms with van der Waals surface area (Å²) in [6, 6.07) is 14.7. The smallest absolute Gasteiger partial charge is 0.243 e. The van der Waals surface area contributed by atoms with Crippen molar-refractivity contribution in [2.24, 2.45) is 0 Å². The molecule has 0 atom stereocenters. The molecule has 0 bridgehead atoms. The predicted octanol–water partition coefficient (Wildman–Crippen LogP) is 4.65. The van der Waals surface area contributed by atoms with E-state index in [-0.39, 0.29) is 18.4 Å². The third-order valence-electron chi connectivity index (χ3n) is 3.98. The van der Waals surface area contributed by atoms with Gasteiger partial charge < -0.3 is 20.7 Å². The third kappa shape index (κ3) is 7.70. The predicted molar refractivity (Wildman–Crippen MR) is 114 cm³/mol. The Morgan fingerprint density at radius 2 is 1.57 bits per heavy atom. The summed E-state index contributed by atoms with van der Waals surface area (Å²) in [5.41, 5.74) is 2.20. The van der Waals surface area contributed by atoms with Crippen LogP contribution in [0.25, 0.3) is 0 Å². The van der Waals surface area contributed by atoms with E-state index in [1.54, 1.807) is 0 Å². The number of amides is 2. The van der Waals surface area contributed by atoms with Gasteiger partial charge in [0.2, 0.25) is 11.8 Å². The highest BCUT2D eigenvalue weighted by Crippen LogP contribution is 2.17. The molecule has 6 heteroatoms. The standard InChI is InChI=1S/C22H29N3O3/c1-3-5-14-28-20-12-10-17(11-13-20)24-22(27)16-23-18-8-6-9-19(15-18)25-21(26)7-4-2/h6,8-13,15,23H,3-5,7,14,16H2,1-2H3,(H,24,27)(H,25,26). The lowest BCUT2D eigenvalue weighted by Gasteiger charge is -2.11. The van der Waals surface area contributed by atoms with Crippen molar-refractivity contribution in [2.75, 3.05) is 29.1 Å². The van der Waals surface area contributed by atoms with Crippen molar-refractivity contribution in [2.45, 2.75) is 39.5 Å². The van der Waals surface area contributed by atoms with Gasteiger partial charge in [-0.25, -0.2) is 0 Å². The molecule has 2 aromatic carbocycles. The number of carbonyl (C=O) groups is 2. The minimum Gasteiger partial charge on any atom is -0.494 e. The van der Waals surface area contributed by atoms with Gasteiger partial charge in [-0.05, 0) is 55.3 Å². The average Bonchev–Trinajstić information content (AvgIpc) is 2.68. The van der Waals surface area contributed by atoms with E-state index in [2.05, 4.69) is 22.9 Å². The van der Waals surface area contributed by atoms with Gasteiger partial charge in [-0.2, -0.15) is 0 Å². The molecule has 2 amide bonds. The molecule has 0 saturated heterocycles. The first-order valence-electron chi connectivity index (χ1n) is 9.77. The lowest BCUT2D eigenvalue weighted by atomic mass is 10.2. The van der Waals surface area contributed by atoms with Crippen molar-refractivity contribution in [3.63, 3.8) is 0 Å². The van der Waals surface area contributed by atoms with E-state index in [4.69, 9.17) is 4.74 Å². The summed E-state index contributed by atoms with van der Waals surface area (Å²) in [6.45, 7) is 4.91. The number of benzene rings is 2. The lowest BCUT2D eigenvalue weighted by Crippen LogP contribution is -2.21. The molecular weight excluding hydrogens is 354 g/mol. The van der Waals surface area contributed by atoms with Gasteiger partial charge in [0.1, 0.15) is 5.75 Å². The van der Waals surface area contributed by atoms with Crippen LogP contribution in [0.15, 0.2) is 48.5 Å². The summed E-state index contributed by atoms with van der Waals surface area (Å²) in [5.74, 6) is 0.631. The molecule has 0 heterocycles. The summed E-state index contributed by atoms with van der Waals surface area (Å²) in [6.07, 6.45) is 3.40. The molecular formula is C22H29N3O3. The molecule has 0 radical (unpaired) electrons. The summed E-state index contributed by atoms with van der Waals surface area (Å²) in [4.78, 5) is 23.8. The van der Waals surface area contributed by atoms with Crippen LogP contribution < -0.4 is 20.7 Å². The van der Waals surface area contributed by atoms with Crippen molar-refractivity contribution in [3.05, 3.63) is 48.5 Å². The van der Waals surface area contributed by atoms with E-state index >= 15 is 0 Å². The molecule has 0 aromatic heterocycles. The van der Waals surface area contributed by atoms with E-state index < -0.39 is 0 Å². The van der Waals surface area contributed by atoms with E-state index in [1.807, 2.05) is 55.5 Å². The maximum Gasteiger partial charge on any atom is 0.243 e. The summed E-state index contributed by atoms with van der Waals surface area (Å²) < 4.78 is 5.61. The van der Waals surface area contributed by atoms with Gasteiger partial charge in [0.15, 0.2) is 0 Å². The van der Waals surface area contributed by atoms with Gasteiger partial charge in [-0.15, -0.1) is 0 Å². The molecule has 0 spiro atoms. The van der Waals surface area contributed by atoms with Gasteiger partial charge in [0, 0.05) is 23.5 Å². The Morgan fingerprint density at radius 3 is 2.29 bits per heavy atom. The maximum atomic E-state index is 12.2. The molecule has 6 nitrogen and oxygen atoms in total. The van der Waals surface area contributed by atoms with Crippen LogP contribution in [-0.2, 0) is 9.59 Å². The first kappa shape index (κ1) is 21.3. The van der Waals surface area contributed by atoms with E-state index in [9.17, 15) is 9.59 Å². The molecule has 0 aliphatic heterocycles. The highest BCUT2D eigenvalue weighted by atomic mass is 16.5. The Morgan fingerprint density at radius 1 is 0.857 bits per heavy atom. The number of ether oxygens (including phenoxy) is 1. The molecule has 150 valence electrons. The van der Waals surface area contributed by atoms with Crippen LogP contribution in [-0.4, -0.2) is 25.0 Å². The molecule has 0 saturated carbocycles. The van der Waals surface area contributed by atoms with Crippen molar-refractivity contribution in [1.29, 1.82) is 0 Å². The summed E-state index contributed by atoms with van der Waals surface area (Å²) in [7, 11) is 0. The number of hydrogen-bond acceptors (Lipinski definition) is 4. The number of nitrogens with one attached hydrogen (secondary N) is 3. The number of carbonyl (C=O) groups excluding carboxylic acids is 2. The van der Waals surface area contributed by atoms with Crippen LogP contribution in [0, 0.1) is 0 Å². The minimum absolute atomic E-state index is 0.0143. The van der Waals surface area contributed by atoms with Gasteiger partial charge in [-0.3, -0.25) is 9.59 Å². The topological polar surface area (TPSA) is 79.5 Å². The Labute approximate surface area is 166 Å². The molecule has 0 unspecified atom stereocenters. The second-order valence-electron chi connectivity index (χ2n) is 6.51. The Kier molecular flexibility index (Phi) is 8.85. The van der Waals surface area contributed by atoms with Crippen LogP contribution in [0.4, 0.5) is 17.1 Å². The van der Waals surface area contributed by atoms with Gasteiger partial charge in [-0.1, -0.05) is 26.3 Å². The summed E-state index contributed by atoms with van der Waals surface area (Å²) >= 11 is 0. The Balaban J connectivity index is 1.80. The van der Waals surface area contributed by atoms with E-state index in [1.165, 1.54) is 0 Å². The van der Waals surface area contributed by atoms with Crippen LogP contribution in [0.1, 0.15) is 39.5 Å². The first-order chi connectivity index (χ1) is 13.6. The summed E-state index contributed by atoms with van der Waals surface area (Å²) in [5, 5.41) is 8.75. The zero-order valence-electron chi connectivity index (χ0n) is 16.6. The van der Waals surface area contributed by atoms with Gasteiger partial charge in [0.05, 0.1) is 13.2 Å². The minimum atomic E-state index is -0.153. The van der Waals surface area contributed by atoms with Crippen LogP contribution in [0.5, 0.6) is 5.75 Å². The Hall–Kier alpha value is -3.02. The van der Waals surface area contributed by atoms with E-state index in [0.29, 0.717) is 18.7 Å². The quantitative estimate of drug-likeness (QED) is 0.493. The fourth-order valence-corrected chi connectivity index (χ4v) is 2.51. The number of rotatable bonds is 11. The highest BCUT2D eigenvalue weighted by Gasteiger charge is 2.05. The third-order valence-corrected chi connectivity index (χ3v) is 3.98. The normalized spacial score (nSPS) is 10.2. The number of hydrogen-bond donors (Lipinski definition) is 3. The van der Waals surface area contributed by atoms with Crippen molar-refractivity contribution in [3.8, 4) is 5.75 Å². The molecule has 0 aliphatic rings. The SMILES string of the molecule is CCCCOc1ccc(NC(=O)CNc2cccc(NC(=O)CCC)c2)cc1. The monoisotopic (exact) mass is 383 g/mol. The zero-order chi connectivity index (χ0) is 20.2. The Bertz CT molecular complexity index is 760. The molecule has 2 rings (SSSR count). The number of anilines is 3. The molecule has 3 N–H and O–H groups in total. The largest absolute Gasteiger partial charge is 0.494 e. The maximum absolute atomic E-state index is 12.2. The first-order valence-corrected chi connectivity index (χ1v) is 9.77. The van der Waals surface area contributed by atoms with Crippen molar-refractivity contribution < 1.29 is 14.3 Å². The van der Waals surface area contributed by atoms with E-state index in [0.717, 1.165) is 36.4 Å². The molecule has 0 fully saturated rings. The van der Waals surface area contributed by atoms with Gasteiger partial charge >= 0.3 is 0 Å². The second kappa shape index (κ2) is 11.6. The molecule has 2 aromatic rings. The molecule has 28 heavy (non-hydrogen) atoms. The number of unbranched alkanes of at least 4 members (excludes halogenated alkanes) is 1. The highest BCUT2D eigenvalue weighted by molar-refractivity contribution is 5.94. The second-order valence-corrected chi connectivity index (χ2v) is 6.51. The van der Waals surface area contributed by atoms with Crippen LogP contribution >= 0.6 is 0 Å². The lowest BCUT2D eigenvalue weighted by molar-refractivity contribution is -0.116. The van der Waals surface area contributed by atoms with Gasteiger partial charge in [0.25, 0.3) is 0 Å². The fourth-order valence-electron chi connectivity index (χ4n) is 2.51. The molecule has 0 aliphatic carbocycles. The van der Waals surface area contributed by atoms with Crippen LogP contribution in [0.3, 0.4) is 0 Å².